The third kappa shape index (κ3) is 2.57. The van der Waals surface area contributed by atoms with Gasteiger partial charge in [-0.2, -0.15) is 0 Å². The molecular formula is C7H10I2N2. The summed E-state index contributed by atoms with van der Waals surface area (Å²) < 4.78 is 4.57. The lowest BCUT2D eigenvalue weighted by Crippen LogP contribution is -2.01. The van der Waals surface area contributed by atoms with Crippen molar-refractivity contribution in [1.29, 1.82) is 0 Å². The van der Waals surface area contributed by atoms with Crippen LogP contribution in [0.4, 0.5) is 0 Å². The monoisotopic (exact) mass is 376 g/mol. The van der Waals surface area contributed by atoms with E-state index in [-0.39, 0.29) is 0 Å². The van der Waals surface area contributed by atoms with Crippen LogP contribution in [0.3, 0.4) is 0 Å². The molecule has 0 aliphatic carbocycles. The van der Waals surface area contributed by atoms with Gasteiger partial charge in [-0.05, 0) is 51.6 Å². The van der Waals surface area contributed by atoms with Gasteiger partial charge in [0.05, 0.1) is 6.20 Å². The van der Waals surface area contributed by atoms with Crippen LogP contribution < -0.4 is 0 Å². The molecule has 62 valence electrons. The molecule has 0 N–H and O–H groups in total. The summed E-state index contributed by atoms with van der Waals surface area (Å²) in [5, 5.41) is 0. The highest BCUT2D eigenvalue weighted by Gasteiger charge is 2.02. The van der Waals surface area contributed by atoms with Crippen molar-refractivity contribution in [2.45, 2.75) is 26.3 Å². The summed E-state index contributed by atoms with van der Waals surface area (Å²) >= 11 is 4.58. The van der Waals surface area contributed by atoms with E-state index >= 15 is 0 Å². The first kappa shape index (κ1) is 9.76. The minimum absolute atomic E-state index is 1.10. The van der Waals surface area contributed by atoms with Crippen LogP contribution in [0, 0.1) is 7.53 Å². The zero-order valence-corrected chi connectivity index (χ0v) is 10.7. The molecule has 0 spiro atoms. The van der Waals surface area contributed by atoms with Crippen molar-refractivity contribution in [3.8, 4) is 0 Å². The van der Waals surface area contributed by atoms with Gasteiger partial charge in [-0.3, -0.25) is 0 Å². The van der Waals surface area contributed by atoms with E-state index < -0.39 is 0 Å². The number of unbranched alkanes of at least 4 members (excludes halogenated alkanes) is 1. The molecule has 4 heteroatoms. The Hall–Kier alpha value is 0.670. The van der Waals surface area contributed by atoms with Crippen LogP contribution in [-0.4, -0.2) is 9.55 Å². The lowest BCUT2D eigenvalue weighted by molar-refractivity contribution is 0.609. The normalized spacial score (nSPS) is 10.5. The second-order valence-corrected chi connectivity index (χ2v) is 4.43. The summed E-state index contributed by atoms with van der Waals surface area (Å²) in [6.07, 6.45) is 4.39. The predicted molar refractivity (Wildman–Crippen MR) is 62.6 cm³/mol. The van der Waals surface area contributed by atoms with E-state index in [0.29, 0.717) is 0 Å². The standard InChI is InChI=1S/C7H10I2N2/c1-2-3-4-11-6(8)5-10-7(11)9/h5H,2-4H2,1H3. The minimum Gasteiger partial charge on any atom is -0.315 e. The topological polar surface area (TPSA) is 17.8 Å². The molecule has 1 aromatic rings. The van der Waals surface area contributed by atoms with Gasteiger partial charge in [0.25, 0.3) is 0 Å². The maximum Gasteiger partial charge on any atom is 0.172 e. The Labute approximate surface area is 94.1 Å². The number of nitrogens with zero attached hydrogens (tertiary/aromatic N) is 2. The second kappa shape index (κ2) is 4.64. The highest BCUT2D eigenvalue weighted by Crippen LogP contribution is 2.11. The Balaban J connectivity index is 2.67. The summed E-state index contributed by atoms with van der Waals surface area (Å²) in [6.45, 7) is 3.31. The molecule has 0 aliphatic rings. The van der Waals surface area contributed by atoms with Gasteiger partial charge in [-0.25, -0.2) is 4.98 Å². The van der Waals surface area contributed by atoms with Crippen molar-refractivity contribution in [3.63, 3.8) is 0 Å². The fraction of sp³-hybridized carbons (Fsp3) is 0.571. The number of hydrogen-bond donors (Lipinski definition) is 0. The molecular weight excluding hydrogens is 366 g/mol. The zero-order valence-electron chi connectivity index (χ0n) is 6.35. The number of imidazole rings is 1. The summed E-state index contributed by atoms with van der Waals surface area (Å²) in [4.78, 5) is 4.21. The molecule has 0 atom stereocenters. The first-order valence-electron chi connectivity index (χ1n) is 3.62. The Bertz CT molecular complexity index is 213. The molecule has 0 aromatic carbocycles. The summed E-state index contributed by atoms with van der Waals surface area (Å²) in [6, 6.07) is 0. The molecule has 1 aromatic heterocycles. The lowest BCUT2D eigenvalue weighted by atomic mass is 10.3. The van der Waals surface area contributed by atoms with Crippen molar-refractivity contribution in [1.82, 2.24) is 9.55 Å². The SMILES string of the molecule is CCCCn1c(I)cnc1I. The number of halogens is 2. The van der Waals surface area contributed by atoms with Crippen molar-refractivity contribution in [3.05, 3.63) is 13.7 Å². The lowest BCUT2D eigenvalue weighted by Gasteiger charge is -2.03. The number of aromatic nitrogens is 2. The van der Waals surface area contributed by atoms with Gasteiger partial charge in [-0.15, -0.1) is 0 Å². The van der Waals surface area contributed by atoms with E-state index in [1.165, 1.54) is 16.5 Å². The average molecular weight is 376 g/mol. The smallest absolute Gasteiger partial charge is 0.172 e. The van der Waals surface area contributed by atoms with Crippen LogP contribution in [-0.2, 0) is 6.54 Å². The molecule has 0 amide bonds. The largest absolute Gasteiger partial charge is 0.315 e. The van der Waals surface area contributed by atoms with Crippen molar-refractivity contribution in [2.24, 2.45) is 0 Å². The van der Waals surface area contributed by atoms with Crippen LogP contribution in [0.5, 0.6) is 0 Å². The van der Waals surface area contributed by atoms with E-state index in [2.05, 4.69) is 61.7 Å². The van der Waals surface area contributed by atoms with Gasteiger partial charge < -0.3 is 4.57 Å². The fourth-order valence-electron chi connectivity index (χ4n) is 0.849. The van der Waals surface area contributed by atoms with Crippen LogP contribution in [0.15, 0.2) is 6.20 Å². The molecule has 1 rings (SSSR count). The fourth-order valence-corrected chi connectivity index (χ4v) is 2.56. The third-order valence-corrected chi connectivity index (χ3v) is 3.22. The van der Waals surface area contributed by atoms with Gasteiger partial charge in [0.2, 0.25) is 0 Å². The summed E-state index contributed by atoms with van der Waals surface area (Å²) in [5.74, 6) is 0. The molecule has 0 saturated heterocycles. The van der Waals surface area contributed by atoms with Crippen LogP contribution in [0.1, 0.15) is 19.8 Å². The van der Waals surface area contributed by atoms with E-state index in [1.807, 2.05) is 6.20 Å². The van der Waals surface area contributed by atoms with Crippen LogP contribution in [0.2, 0.25) is 0 Å². The van der Waals surface area contributed by atoms with E-state index in [9.17, 15) is 0 Å². The molecule has 0 radical (unpaired) electrons. The number of rotatable bonds is 3. The van der Waals surface area contributed by atoms with Crippen molar-refractivity contribution in [2.75, 3.05) is 0 Å². The van der Waals surface area contributed by atoms with Crippen molar-refractivity contribution >= 4 is 45.2 Å². The van der Waals surface area contributed by atoms with Gasteiger partial charge in [0.15, 0.2) is 3.83 Å². The quantitative estimate of drug-likeness (QED) is 0.743. The molecule has 0 saturated carbocycles. The molecule has 0 bridgehead atoms. The summed E-state index contributed by atoms with van der Waals surface area (Å²) in [5.41, 5.74) is 0. The molecule has 1 heterocycles. The molecule has 2 nitrogen and oxygen atoms in total. The van der Waals surface area contributed by atoms with Gasteiger partial charge in [0.1, 0.15) is 3.70 Å². The van der Waals surface area contributed by atoms with Crippen LogP contribution >= 0.6 is 45.2 Å². The highest BCUT2D eigenvalue weighted by molar-refractivity contribution is 14.1. The van der Waals surface area contributed by atoms with Gasteiger partial charge >= 0.3 is 0 Å². The van der Waals surface area contributed by atoms with Crippen molar-refractivity contribution < 1.29 is 0 Å². The predicted octanol–water partition coefficient (Wildman–Crippen LogP) is 2.89. The van der Waals surface area contributed by atoms with E-state index in [0.717, 1.165) is 10.4 Å². The minimum atomic E-state index is 1.10. The summed E-state index contributed by atoms with van der Waals surface area (Å²) in [7, 11) is 0. The first-order valence-corrected chi connectivity index (χ1v) is 5.78. The maximum absolute atomic E-state index is 4.21. The molecule has 11 heavy (non-hydrogen) atoms. The Kier molecular flexibility index (Phi) is 4.11. The van der Waals surface area contributed by atoms with Gasteiger partial charge in [-0.1, -0.05) is 13.3 Å². The van der Waals surface area contributed by atoms with E-state index in [1.54, 1.807) is 0 Å². The Morgan fingerprint density at radius 3 is 2.73 bits per heavy atom. The Morgan fingerprint density at radius 1 is 1.55 bits per heavy atom. The Morgan fingerprint density at radius 2 is 2.27 bits per heavy atom. The maximum atomic E-state index is 4.21. The molecule has 0 aliphatic heterocycles. The first-order chi connectivity index (χ1) is 5.25. The third-order valence-electron chi connectivity index (χ3n) is 1.49. The zero-order chi connectivity index (χ0) is 8.27. The van der Waals surface area contributed by atoms with E-state index in [4.69, 9.17) is 0 Å². The second-order valence-electron chi connectivity index (χ2n) is 2.36. The molecule has 0 unspecified atom stereocenters. The highest BCUT2D eigenvalue weighted by atomic mass is 127. The molecule has 0 fully saturated rings. The van der Waals surface area contributed by atoms with Gasteiger partial charge in [0, 0.05) is 6.54 Å². The van der Waals surface area contributed by atoms with Crippen LogP contribution in [0.25, 0.3) is 0 Å². The average Bonchev–Trinajstić information content (AvgIpc) is 2.29. The number of hydrogen-bond acceptors (Lipinski definition) is 1.